The number of hydrogen-bond acceptors (Lipinski definition) is 4. The molecule has 0 aliphatic rings. The molecule has 0 saturated heterocycles. The number of aromatic amines is 1. The van der Waals surface area contributed by atoms with E-state index in [1.807, 2.05) is 37.3 Å². The van der Waals surface area contributed by atoms with Gasteiger partial charge in [0.25, 0.3) is 5.91 Å². The van der Waals surface area contributed by atoms with Gasteiger partial charge in [-0.2, -0.15) is 0 Å². The molecule has 0 spiro atoms. The Kier molecular flexibility index (Phi) is 5.83. The molecule has 1 amide bonds. The Morgan fingerprint density at radius 3 is 2.77 bits per heavy atom. The summed E-state index contributed by atoms with van der Waals surface area (Å²) in [5.74, 6) is 1.33. The molecule has 0 bridgehead atoms. The predicted molar refractivity (Wildman–Crippen MR) is 118 cm³/mol. The number of carbonyl (C=O) groups is 1. The van der Waals surface area contributed by atoms with Gasteiger partial charge in [0, 0.05) is 36.3 Å². The highest BCUT2D eigenvalue weighted by Crippen LogP contribution is 2.27. The van der Waals surface area contributed by atoms with Crippen molar-refractivity contribution in [2.75, 3.05) is 20.3 Å². The number of benzene rings is 2. The topological polar surface area (TPSA) is 84.8 Å². The summed E-state index contributed by atoms with van der Waals surface area (Å²) in [6.07, 6.45) is 1.77. The average molecular weight is 424 g/mol. The highest BCUT2D eigenvalue weighted by atomic mass is 35.5. The molecule has 0 atom stereocenters. The van der Waals surface area contributed by atoms with Crippen LogP contribution in [0.4, 0.5) is 0 Å². The normalized spacial score (nSPS) is 11.2. The molecule has 2 aromatic carbocycles. The summed E-state index contributed by atoms with van der Waals surface area (Å²) >= 11 is 5.99. The zero-order chi connectivity index (χ0) is 21.1. The molecular weight excluding hydrogens is 402 g/mol. The summed E-state index contributed by atoms with van der Waals surface area (Å²) in [6, 6.07) is 13.0. The molecule has 4 rings (SSSR count). The van der Waals surface area contributed by atoms with Gasteiger partial charge in [-0.05, 0) is 49.4 Å². The van der Waals surface area contributed by atoms with Crippen molar-refractivity contribution in [2.45, 2.75) is 13.5 Å². The number of nitrogens with zero attached hydrogens (tertiary/aromatic N) is 3. The first-order chi connectivity index (χ1) is 14.6. The third-order valence-corrected chi connectivity index (χ3v) is 5.09. The molecule has 7 nitrogen and oxygen atoms in total. The number of amides is 1. The number of nitrogens with one attached hydrogen (secondary N) is 2. The maximum absolute atomic E-state index is 12.0. The van der Waals surface area contributed by atoms with Crippen LogP contribution in [-0.4, -0.2) is 45.7 Å². The highest BCUT2D eigenvalue weighted by molar-refractivity contribution is 6.30. The van der Waals surface area contributed by atoms with Crippen LogP contribution >= 0.6 is 11.6 Å². The lowest BCUT2D eigenvalue weighted by atomic mass is 10.2. The van der Waals surface area contributed by atoms with Crippen LogP contribution in [0, 0.1) is 0 Å². The summed E-state index contributed by atoms with van der Waals surface area (Å²) < 4.78 is 7.64. The lowest BCUT2D eigenvalue weighted by molar-refractivity contribution is 0.0963. The molecule has 0 aliphatic carbocycles. The molecule has 8 heteroatoms. The summed E-state index contributed by atoms with van der Waals surface area (Å²) in [5.41, 5.74) is 3.96. The molecule has 0 unspecified atom stereocenters. The quantitative estimate of drug-likeness (QED) is 0.437. The predicted octanol–water partition coefficient (Wildman–Crippen LogP) is 4.14. The Hall–Kier alpha value is -3.16. The first-order valence-electron chi connectivity index (χ1n) is 9.72. The SMILES string of the molecule is CCOCCn1c(-c2cnc(-c3ccc(Cl)cc3)[nH]2)nc2cc(C(=O)NC)ccc21. The van der Waals surface area contributed by atoms with Crippen LogP contribution in [0.5, 0.6) is 0 Å². The van der Waals surface area contributed by atoms with E-state index in [1.165, 1.54) is 0 Å². The van der Waals surface area contributed by atoms with E-state index in [9.17, 15) is 4.79 Å². The van der Waals surface area contributed by atoms with Crippen molar-refractivity contribution in [3.8, 4) is 22.9 Å². The number of H-pyrrole nitrogens is 1. The zero-order valence-electron chi connectivity index (χ0n) is 16.8. The van der Waals surface area contributed by atoms with E-state index >= 15 is 0 Å². The fourth-order valence-electron chi connectivity index (χ4n) is 3.34. The largest absolute Gasteiger partial charge is 0.380 e. The number of imidazole rings is 2. The van der Waals surface area contributed by atoms with Gasteiger partial charge in [-0.1, -0.05) is 11.6 Å². The van der Waals surface area contributed by atoms with Gasteiger partial charge < -0.3 is 19.6 Å². The third-order valence-electron chi connectivity index (χ3n) is 4.84. The van der Waals surface area contributed by atoms with Gasteiger partial charge in [-0.25, -0.2) is 9.97 Å². The van der Waals surface area contributed by atoms with Crippen molar-refractivity contribution in [3.63, 3.8) is 0 Å². The van der Waals surface area contributed by atoms with E-state index in [2.05, 4.69) is 19.9 Å². The monoisotopic (exact) mass is 423 g/mol. The highest BCUT2D eigenvalue weighted by Gasteiger charge is 2.17. The second kappa shape index (κ2) is 8.69. The number of carbonyl (C=O) groups excluding carboxylic acids is 1. The molecule has 2 heterocycles. The molecule has 0 fully saturated rings. The number of rotatable bonds is 7. The average Bonchev–Trinajstić information content (AvgIpc) is 3.38. The molecule has 0 saturated carbocycles. The molecule has 0 radical (unpaired) electrons. The minimum Gasteiger partial charge on any atom is -0.380 e. The molecule has 0 aliphatic heterocycles. The van der Waals surface area contributed by atoms with Crippen molar-refractivity contribution in [1.82, 2.24) is 24.8 Å². The second-order valence-corrected chi connectivity index (χ2v) is 7.16. The fourth-order valence-corrected chi connectivity index (χ4v) is 3.46. The maximum Gasteiger partial charge on any atom is 0.251 e. The third kappa shape index (κ3) is 3.94. The number of aromatic nitrogens is 4. The van der Waals surface area contributed by atoms with Crippen LogP contribution in [-0.2, 0) is 11.3 Å². The maximum atomic E-state index is 12.0. The minimum absolute atomic E-state index is 0.145. The number of hydrogen-bond donors (Lipinski definition) is 2. The first kappa shape index (κ1) is 20.1. The van der Waals surface area contributed by atoms with Gasteiger partial charge in [0.1, 0.15) is 11.5 Å². The molecule has 2 aromatic heterocycles. The zero-order valence-corrected chi connectivity index (χ0v) is 17.5. The second-order valence-electron chi connectivity index (χ2n) is 6.72. The van der Waals surface area contributed by atoms with E-state index in [0.29, 0.717) is 30.3 Å². The standard InChI is InChI=1S/C22H22ClN5O2/c1-3-30-11-10-28-19-9-6-15(22(29)24-2)12-17(19)27-21(28)18-13-25-20(26-18)14-4-7-16(23)8-5-14/h4-9,12-13H,3,10-11H2,1-2H3,(H,24,29)(H,25,26). The summed E-state index contributed by atoms with van der Waals surface area (Å²) in [6.45, 7) is 3.81. The number of halogens is 1. The van der Waals surface area contributed by atoms with Gasteiger partial charge in [0.05, 0.1) is 23.8 Å². The molecule has 30 heavy (non-hydrogen) atoms. The van der Waals surface area contributed by atoms with E-state index in [1.54, 1.807) is 25.4 Å². The van der Waals surface area contributed by atoms with E-state index in [4.69, 9.17) is 21.3 Å². The van der Waals surface area contributed by atoms with Crippen molar-refractivity contribution >= 4 is 28.5 Å². The molecule has 154 valence electrons. The van der Waals surface area contributed by atoms with E-state index in [-0.39, 0.29) is 5.91 Å². The van der Waals surface area contributed by atoms with Crippen molar-refractivity contribution in [3.05, 3.63) is 59.2 Å². The molecule has 2 N–H and O–H groups in total. The van der Waals surface area contributed by atoms with Crippen LogP contribution in [0.3, 0.4) is 0 Å². The van der Waals surface area contributed by atoms with E-state index in [0.717, 1.165) is 33.9 Å². The first-order valence-corrected chi connectivity index (χ1v) is 10.1. The Balaban J connectivity index is 1.77. The minimum atomic E-state index is -0.145. The van der Waals surface area contributed by atoms with Crippen LogP contribution in [0.15, 0.2) is 48.7 Å². The van der Waals surface area contributed by atoms with Crippen LogP contribution in [0.25, 0.3) is 33.9 Å². The lowest BCUT2D eigenvalue weighted by Crippen LogP contribution is -2.17. The van der Waals surface area contributed by atoms with Crippen LogP contribution in [0.1, 0.15) is 17.3 Å². The lowest BCUT2D eigenvalue weighted by Gasteiger charge is -2.08. The Bertz CT molecular complexity index is 1180. The van der Waals surface area contributed by atoms with Crippen LogP contribution < -0.4 is 5.32 Å². The van der Waals surface area contributed by atoms with Gasteiger partial charge in [-0.3, -0.25) is 4.79 Å². The van der Waals surface area contributed by atoms with Gasteiger partial charge in [0.2, 0.25) is 0 Å². The van der Waals surface area contributed by atoms with E-state index < -0.39 is 0 Å². The van der Waals surface area contributed by atoms with Gasteiger partial charge in [0.15, 0.2) is 5.82 Å². The summed E-state index contributed by atoms with van der Waals surface area (Å²) in [7, 11) is 1.61. The van der Waals surface area contributed by atoms with Crippen LogP contribution in [0.2, 0.25) is 5.02 Å². The molecule has 4 aromatic rings. The Morgan fingerprint density at radius 2 is 2.03 bits per heavy atom. The fraction of sp³-hybridized carbons (Fsp3) is 0.227. The van der Waals surface area contributed by atoms with Crippen molar-refractivity contribution in [2.24, 2.45) is 0 Å². The Labute approximate surface area is 179 Å². The smallest absolute Gasteiger partial charge is 0.251 e. The van der Waals surface area contributed by atoms with Gasteiger partial charge in [-0.15, -0.1) is 0 Å². The number of ether oxygens (including phenoxy) is 1. The van der Waals surface area contributed by atoms with Gasteiger partial charge >= 0.3 is 0 Å². The number of fused-ring (bicyclic) bond motifs is 1. The summed E-state index contributed by atoms with van der Waals surface area (Å²) in [5, 5.41) is 3.32. The Morgan fingerprint density at radius 1 is 1.23 bits per heavy atom. The summed E-state index contributed by atoms with van der Waals surface area (Å²) in [4.78, 5) is 24.7. The van der Waals surface area contributed by atoms with Crippen molar-refractivity contribution in [1.29, 1.82) is 0 Å². The molecular formula is C22H22ClN5O2. The van der Waals surface area contributed by atoms with Crippen molar-refractivity contribution < 1.29 is 9.53 Å².